The lowest BCUT2D eigenvalue weighted by Gasteiger charge is -2.15. The number of aryl methyl sites for hydroxylation is 2. The Morgan fingerprint density at radius 1 is 1.32 bits per heavy atom. The third-order valence-electron chi connectivity index (χ3n) is 3.87. The van der Waals surface area contributed by atoms with Crippen LogP contribution in [-0.2, 0) is 11.2 Å². The van der Waals surface area contributed by atoms with Crippen LogP contribution in [0.1, 0.15) is 34.3 Å². The molecule has 2 heterocycles. The lowest BCUT2D eigenvalue weighted by molar-refractivity contribution is -0.116. The summed E-state index contributed by atoms with van der Waals surface area (Å²) in [5.74, 6) is 0.294. The first-order chi connectivity index (χ1) is 10.5. The molecule has 2 aromatic rings. The molecular formula is C16H17N3O3. The first-order valence-corrected chi connectivity index (χ1v) is 7.12. The van der Waals surface area contributed by atoms with E-state index in [0.717, 1.165) is 17.7 Å². The van der Waals surface area contributed by atoms with Gasteiger partial charge in [0, 0.05) is 24.8 Å². The molecule has 0 bridgehead atoms. The van der Waals surface area contributed by atoms with Gasteiger partial charge in [-0.3, -0.25) is 9.59 Å². The number of hydrogen-bond acceptors (Lipinski definition) is 4. The largest absolute Gasteiger partial charge is 0.361 e. The van der Waals surface area contributed by atoms with Crippen LogP contribution in [0.5, 0.6) is 0 Å². The van der Waals surface area contributed by atoms with Gasteiger partial charge in [-0.15, -0.1) is 0 Å². The van der Waals surface area contributed by atoms with Gasteiger partial charge in [0.25, 0.3) is 5.91 Å². The Morgan fingerprint density at radius 3 is 2.73 bits per heavy atom. The minimum Gasteiger partial charge on any atom is -0.361 e. The summed E-state index contributed by atoms with van der Waals surface area (Å²) in [5, 5.41) is 6.64. The van der Waals surface area contributed by atoms with Gasteiger partial charge in [-0.2, -0.15) is 0 Å². The van der Waals surface area contributed by atoms with Gasteiger partial charge in [-0.05, 0) is 44.0 Å². The highest BCUT2D eigenvalue weighted by Crippen LogP contribution is 2.30. The number of rotatable bonds is 2. The summed E-state index contributed by atoms with van der Waals surface area (Å²) in [6, 6.07) is 5.58. The molecule has 1 N–H and O–H groups in total. The second kappa shape index (κ2) is 5.29. The van der Waals surface area contributed by atoms with Crippen molar-refractivity contribution in [2.45, 2.75) is 27.2 Å². The number of carbonyl (C=O) groups excluding carboxylic acids is 2. The van der Waals surface area contributed by atoms with Crippen LogP contribution in [0.15, 0.2) is 22.7 Å². The number of aromatic nitrogens is 1. The topological polar surface area (TPSA) is 75.4 Å². The molecule has 0 unspecified atom stereocenters. The third kappa shape index (κ3) is 2.36. The molecule has 6 nitrogen and oxygen atoms in total. The smallest absolute Gasteiger partial charge is 0.261 e. The fourth-order valence-electron chi connectivity index (χ4n) is 2.81. The molecule has 0 saturated carbocycles. The zero-order chi connectivity index (χ0) is 15.9. The van der Waals surface area contributed by atoms with Gasteiger partial charge < -0.3 is 14.7 Å². The molecule has 1 aliphatic rings. The minimum atomic E-state index is -0.238. The van der Waals surface area contributed by atoms with E-state index >= 15 is 0 Å². The fraction of sp³-hybridized carbons (Fsp3) is 0.312. The van der Waals surface area contributed by atoms with Crippen LogP contribution in [0.3, 0.4) is 0 Å². The van der Waals surface area contributed by atoms with Crippen molar-refractivity contribution in [2.24, 2.45) is 0 Å². The summed E-state index contributed by atoms with van der Waals surface area (Å²) in [6.45, 7) is 5.69. The van der Waals surface area contributed by atoms with Gasteiger partial charge in [0.1, 0.15) is 11.3 Å². The lowest BCUT2D eigenvalue weighted by atomic mass is 10.1. The maximum atomic E-state index is 12.3. The molecule has 0 radical (unpaired) electrons. The lowest BCUT2D eigenvalue weighted by Crippen LogP contribution is -2.25. The van der Waals surface area contributed by atoms with Crippen LogP contribution >= 0.6 is 0 Å². The number of carbonyl (C=O) groups is 2. The van der Waals surface area contributed by atoms with E-state index in [2.05, 4.69) is 10.5 Å². The number of hydrogen-bond donors (Lipinski definition) is 1. The van der Waals surface area contributed by atoms with Crippen LogP contribution in [0.25, 0.3) is 0 Å². The van der Waals surface area contributed by atoms with Gasteiger partial charge in [0.2, 0.25) is 5.91 Å². The number of nitrogens with one attached hydrogen (secondary N) is 1. The Kier molecular flexibility index (Phi) is 3.44. The number of fused-ring (bicyclic) bond motifs is 1. The van der Waals surface area contributed by atoms with Gasteiger partial charge in [-0.25, -0.2) is 0 Å². The molecule has 1 aromatic heterocycles. The van der Waals surface area contributed by atoms with Crippen molar-refractivity contribution < 1.29 is 14.1 Å². The van der Waals surface area contributed by atoms with Gasteiger partial charge >= 0.3 is 0 Å². The molecule has 0 fully saturated rings. The Hall–Kier alpha value is -2.63. The van der Waals surface area contributed by atoms with Crippen LogP contribution in [0.2, 0.25) is 0 Å². The number of benzene rings is 1. The van der Waals surface area contributed by atoms with E-state index in [1.54, 1.807) is 31.7 Å². The summed E-state index contributed by atoms with van der Waals surface area (Å²) < 4.78 is 5.01. The average Bonchev–Trinajstić information content (AvgIpc) is 3.02. The molecule has 0 spiro atoms. The summed E-state index contributed by atoms with van der Waals surface area (Å²) >= 11 is 0. The summed E-state index contributed by atoms with van der Waals surface area (Å²) in [4.78, 5) is 25.6. The second-order valence-corrected chi connectivity index (χ2v) is 5.42. The summed E-state index contributed by atoms with van der Waals surface area (Å²) in [6.07, 6.45) is 0.796. The third-order valence-corrected chi connectivity index (χ3v) is 3.87. The molecule has 1 aliphatic heterocycles. The van der Waals surface area contributed by atoms with Gasteiger partial charge in [-0.1, -0.05) is 5.16 Å². The Morgan fingerprint density at radius 2 is 2.09 bits per heavy atom. The maximum Gasteiger partial charge on any atom is 0.261 e. The molecule has 114 valence electrons. The highest BCUT2D eigenvalue weighted by molar-refractivity contribution is 6.06. The van der Waals surface area contributed by atoms with E-state index in [1.807, 2.05) is 12.1 Å². The number of anilines is 2. The Labute approximate surface area is 128 Å². The van der Waals surface area contributed by atoms with Crippen molar-refractivity contribution in [3.05, 3.63) is 40.8 Å². The van der Waals surface area contributed by atoms with E-state index in [4.69, 9.17) is 4.52 Å². The van der Waals surface area contributed by atoms with Crippen molar-refractivity contribution in [2.75, 3.05) is 16.8 Å². The highest BCUT2D eigenvalue weighted by Gasteiger charge is 2.23. The zero-order valence-corrected chi connectivity index (χ0v) is 12.8. The number of nitrogens with zero attached hydrogens (tertiary/aromatic N) is 2. The van der Waals surface area contributed by atoms with E-state index in [9.17, 15) is 9.59 Å². The molecule has 6 heteroatoms. The standard InChI is InChI=1S/C16H17N3O3/c1-9-15(10(2)22-18-9)16(21)17-13-4-5-14-12(8-13)6-7-19(14)11(3)20/h4-5,8H,6-7H2,1-3H3,(H,17,21). The second-order valence-electron chi connectivity index (χ2n) is 5.42. The summed E-state index contributed by atoms with van der Waals surface area (Å²) in [7, 11) is 0. The SMILES string of the molecule is CC(=O)N1CCc2cc(NC(=O)c3c(C)noc3C)ccc21. The predicted octanol–water partition coefficient (Wildman–Crippen LogP) is 2.45. The van der Waals surface area contributed by atoms with E-state index < -0.39 is 0 Å². The molecule has 1 aromatic carbocycles. The fourth-order valence-corrected chi connectivity index (χ4v) is 2.81. The molecule has 0 atom stereocenters. The van der Waals surface area contributed by atoms with Crippen molar-refractivity contribution in [3.8, 4) is 0 Å². The quantitative estimate of drug-likeness (QED) is 0.924. The Balaban J connectivity index is 1.83. The first-order valence-electron chi connectivity index (χ1n) is 7.12. The van der Waals surface area contributed by atoms with Crippen molar-refractivity contribution >= 4 is 23.2 Å². The highest BCUT2D eigenvalue weighted by atomic mass is 16.5. The first kappa shape index (κ1) is 14.3. The zero-order valence-electron chi connectivity index (χ0n) is 12.8. The van der Waals surface area contributed by atoms with E-state index in [-0.39, 0.29) is 11.8 Å². The summed E-state index contributed by atoms with van der Waals surface area (Å²) in [5.41, 5.74) is 3.72. The van der Waals surface area contributed by atoms with E-state index in [1.165, 1.54) is 0 Å². The predicted molar refractivity (Wildman–Crippen MR) is 82.1 cm³/mol. The van der Waals surface area contributed by atoms with Crippen LogP contribution in [-0.4, -0.2) is 23.5 Å². The molecule has 3 rings (SSSR count). The monoisotopic (exact) mass is 299 g/mol. The molecule has 0 aliphatic carbocycles. The van der Waals surface area contributed by atoms with Crippen molar-refractivity contribution in [1.29, 1.82) is 0 Å². The maximum absolute atomic E-state index is 12.3. The Bertz CT molecular complexity index is 744. The van der Waals surface area contributed by atoms with Crippen LogP contribution in [0.4, 0.5) is 11.4 Å². The van der Waals surface area contributed by atoms with E-state index in [0.29, 0.717) is 29.2 Å². The average molecular weight is 299 g/mol. The molecule has 2 amide bonds. The van der Waals surface area contributed by atoms with Crippen molar-refractivity contribution in [1.82, 2.24) is 5.16 Å². The van der Waals surface area contributed by atoms with Crippen LogP contribution < -0.4 is 10.2 Å². The molecule has 22 heavy (non-hydrogen) atoms. The van der Waals surface area contributed by atoms with Crippen molar-refractivity contribution in [3.63, 3.8) is 0 Å². The van der Waals surface area contributed by atoms with Gasteiger partial charge in [0.05, 0.1) is 5.69 Å². The molecule has 0 saturated heterocycles. The van der Waals surface area contributed by atoms with Crippen LogP contribution in [0, 0.1) is 13.8 Å². The molecular weight excluding hydrogens is 282 g/mol. The van der Waals surface area contributed by atoms with Gasteiger partial charge in [0.15, 0.2) is 0 Å². The number of amides is 2. The minimum absolute atomic E-state index is 0.0336. The normalized spacial score (nSPS) is 13.1.